The summed E-state index contributed by atoms with van der Waals surface area (Å²) in [4.78, 5) is 15.7. The Labute approximate surface area is 209 Å². The van der Waals surface area contributed by atoms with Crippen molar-refractivity contribution < 1.29 is 27.1 Å². The van der Waals surface area contributed by atoms with Crippen LogP contribution in [-0.4, -0.2) is 42.1 Å². The summed E-state index contributed by atoms with van der Waals surface area (Å²) >= 11 is 0. The summed E-state index contributed by atoms with van der Waals surface area (Å²) in [6.07, 6.45) is 0.948. The molecule has 2 aromatic rings. The molecule has 2 saturated heterocycles. The maximum atomic E-state index is 13.3. The highest BCUT2D eigenvalue weighted by Crippen LogP contribution is 2.47. The molecule has 2 atom stereocenters. The van der Waals surface area contributed by atoms with E-state index >= 15 is 0 Å². The first-order chi connectivity index (χ1) is 17.2. The molecule has 0 spiro atoms. The first-order valence-electron chi connectivity index (χ1n) is 12.8. The van der Waals surface area contributed by atoms with Gasteiger partial charge in [0.25, 0.3) is 5.91 Å². The zero-order chi connectivity index (χ0) is 25.3. The number of piperidine rings is 1. The smallest absolute Gasteiger partial charge is 0.363 e. The van der Waals surface area contributed by atoms with Gasteiger partial charge in [0.1, 0.15) is 11.4 Å². The van der Waals surface area contributed by atoms with Crippen molar-refractivity contribution in [1.29, 1.82) is 0 Å². The van der Waals surface area contributed by atoms with Gasteiger partial charge in [-0.05, 0) is 98.8 Å². The van der Waals surface area contributed by atoms with Gasteiger partial charge in [-0.25, -0.2) is 4.39 Å². The molecule has 1 aliphatic carbocycles. The fourth-order valence-electron chi connectivity index (χ4n) is 5.83. The van der Waals surface area contributed by atoms with Gasteiger partial charge in [-0.3, -0.25) is 9.69 Å². The average molecular weight is 505 g/mol. The molecule has 0 radical (unpaired) electrons. The maximum Gasteiger partial charge on any atom is 0.416 e. The van der Waals surface area contributed by atoms with E-state index in [1.165, 1.54) is 23.8 Å². The number of rotatable bonds is 6. The minimum atomic E-state index is -4.41. The van der Waals surface area contributed by atoms with Crippen LogP contribution in [0.2, 0.25) is 0 Å². The fraction of sp³-hybridized carbons (Fsp3) is 0.536. The van der Waals surface area contributed by atoms with Crippen LogP contribution in [-0.2, 0) is 22.3 Å². The summed E-state index contributed by atoms with van der Waals surface area (Å²) in [6.45, 7) is 2.40. The zero-order valence-corrected chi connectivity index (χ0v) is 20.2. The van der Waals surface area contributed by atoms with Crippen LogP contribution in [0.25, 0.3) is 0 Å². The lowest BCUT2D eigenvalue weighted by Gasteiger charge is -2.45. The Hall–Kier alpha value is -2.45. The van der Waals surface area contributed by atoms with Gasteiger partial charge in [0.05, 0.1) is 12.2 Å². The van der Waals surface area contributed by atoms with E-state index in [1.807, 2.05) is 12.1 Å². The number of carbonyl (C=O) groups excluding carboxylic acids is 1. The molecule has 1 amide bonds. The fourth-order valence-corrected chi connectivity index (χ4v) is 5.83. The van der Waals surface area contributed by atoms with Crippen LogP contribution in [0.15, 0.2) is 48.5 Å². The number of hydrogen-bond acceptors (Lipinski definition) is 3. The van der Waals surface area contributed by atoms with Crippen molar-refractivity contribution in [2.45, 2.75) is 68.8 Å². The molecule has 0 bridgehead atoms. The zero-order valence-electron chi connectivity index (χ0n) is 20.2. The van der Waals surface area contributed by atoms with E-state index in [2.05, 4.69) is 10.2 Å². The van der Waals surface area contributed by atoms with Crippen molar-refractivity contribution in [2.75, 3.05) is 19.7 Å². The van der Waals surface area contributed by atoms with E-state index in [1.54, 1.807) is 6.07 Å². The SMILES string of the molecule is O=C(NCc1cccc(C(F)(F)F)c1)[C@@]1(C2CC2)CCC(N2CCC(c3ccc(F)cc3)CC2)CO1. The first kappa shape index (κ1) is 25.2. The Bertz CT molecular complexity index is 1050. The number of nitrogens with one attached hydrogen (secondary N) is 1. The third-order valence-electron chi connectivity index (χ3n) is 8.10. The van der Waals surface area contributed by atoms with Crippen molar-refractivity contribution in [3.8, 4) is 0 Å². The number of likely N-dealkylation sites (tertiary alicyclic amines) is 1. The summed E-state index contributed by atoms with van der Waals surface area (Å²) < 4.78 is 58.6. The van der Waals surface area contributed by atoms with Crippen molar-refractivity contribution in [1.82, 2.24) is 10.2 Å². The average Bonchev–Trinajstić information content (AvgIpc) is 3.74. The molecule has 2 aliphatic heterocycles. The van der Waals surface area contributed by atoms with E-state index in [0.717, 1.165) is 57.3 Å². The molecule has 2 aromatic carbocycles. The monoisotopic (exact) mass is 504 g/mol. The van der Waals surface area contributed by atoms with Gasteiger partial charge < -0.3 is 10.1 Å². The van der Waals surface area contributed by atoms with E-state index in [0.29, 0.717) is 24.5 Å². The summed E-state index contributed by atoms with van der Waals surface area (Å²) in [5.41, 5.74) is -0.000945. The molecule has 3 aliphatic rings. The van der Waals surface area contributed by atoms with Gasteiger partial charge in [-0.2, -0.15) is 13.2 Å². The minimum absolute atomic E-state index is 0.0426. The Kier molecular flexibility index (Phi) is 7.10. The Morgan fingerprint density at radius 2 is 1.75 bits per heavy atom. The summed E-state index contributed by atoms with van der Waals surface area (Å²) in [5.74, 6) is 0.173. The number of carbonyl (C=O) groups is 1. The number of ether oxygens (including phenoxy) is 1. The third kappa shape index (κ3) is 5.44. The van der Waals surface area contributed by atoms with Gasteiger partial charge in [-0.15, -0.1) is 0 Å². The summed E-state index contributed by atoms with van der Waals surface area (Å²) in [6, 6.07) is 12.1. The van der Waals surface area contributed by atoms with Crippen molar-refractivity contribution >= 4 is 5.91 Å². The molecule has 2 heterocycles. The van der Waals surface area contributed by atoms with Gasteiger partial charge in [0.2, 0.25) is 0 Å². The van der Waals surface area contributed by atoms with E-state index in [9.17, 15) is 22.4 Å². The molecule has 3 fully saturated rings. The molecule has 5 rings (SSSR count). The molecule has 1 unspecified atom stereocenters. The second-order valence-electron chi connectivity index (χ2n) is 10.4. The lowest BCUT2D eigenvalue weighted by Crippen LogP contribution is -2.57. The molecule has 4 nitrogen and oxygen atoms in total. The van der Waals surface area contributed by atoms with Gasteiger partial charge in [0, 0.05) is 12.6 Å². The van der Waals surface area contributed by atoms with Crippen LogP contribution in [0.5, 0.6) is 0 Å². The first-order valence-corrected chi connectivity index (χ1v) is 12.8. The number of alkyl halides is 3. The van der Waals surface area contributed by atoms with Crippen molar-refractivity contribution in [2.24, 2.45) is 5.92 Å². The summed E-state index contributed by atoms with van der Waals surface area (Å²) in [5, 5.41) is 2.86. The van der Waals surface area contributed by atoms with E-state index in [-0.39, 0.29) is 30.2 Å². The Morgan fingerprint density at radius 3 is 2.36 bits per heavy atom. The highest BCUT2D eigenvalue weighted by molar-refractivity contribution is 5.86. The van der Waals surface area contributed by atoms with Crippen LogP contribution in [0.3, 0.4) is 0 Å². The van der Waals surface area contributed by atoms with E-state index in [4.69, 9.17) is 4.74 Å². The van der Waals surface area contributed by atoms with Crippen LogP contribution in [0.1, 0.15) is 61.1 Å². The Morgan fingerprint density at radius 1 is 1.03 bits per heavy atom. The largest absolute Gasteiger partial charge is 0.416 e. The van der Waals surface area contributed by atoms with Crippen molar-refractivity contribution in [3.63, 3.8) is 0 Å². The molecule has 1 saturated carbocycles. The number of nitrogens with zero attached hydrogens (tertiary/aromatic N) is 1. The van der Waals surface area contributed by atoms with Gasteiger partial charge in [-0.1, -0.05) is 24.3 Å². The maximum absolute atomic E-state index is 13.3. The molecular formula is C28H32F4N2O2. The molecule has 194 valence electrons. The van der Waals surface area contributed by atoms with Crippen LogP contribution >= 0.6 is 0 Å². The van der Waals surface area contributed by atoms with Crippen LogP contribution < -0.4 is 5.32 Å². The highest BCUT2D eigenvalue weighted by Gasteiger charge is 2.54. The third-order valence-corrected chi connectivity index (χ3v) is 8.10. The molecular weight excluding hydrogens is 472 g/mol. The Balaban J connectivity index is 1.15. The van der Waals surface area contributed by atoms with E-state index < -0.39 is 17.3 Å². The van der Waals surface area contributed by atoms with Crippen LogP contribution in [0.4, 0.5) is 17.6 Å². The molecule has 8 heteroatoms. The topological polar surface area (TPSA) is 41.6 Å². The second kappa shape index (κ2) is 10.1. The van der Waals surface area contributed by atoms with Gasteiger partial charge >= 0.3 is 6.18 Å². The number of hydrogen-bond donors (Lipinski definition) is 1. The predicted molar refractivity (Wildman–Crippen MR) is 128 cm³/mol. The lowest BCUT2D eigenvalue weighted by molar-refractivity contribution is -0.165. The number of benzene rings is 2. The van der Waals surface area contributed by atoms with Gasteiger partial charge in [0.15, 0.2) is 0 Å². The number of halogens is 4. The standard InChI is InChI=1S/C28H32F4N2O2/c29-24-8-4-20(5-9-24)21-11-14-34(15-12-21)25-10-13-27(36-18-25,22-6-7-22)26(35)33-17-19-2-1-3-23(16-19)28(30,31)32/h1-5,8-9,16,21-22,25H,6-7,10-15,17-18H2,(H,33,35)/t25?,27-/m0/s1. The molecule has 36 heavy (non-hydrogen) atoms. The number of amides is 1. The normalized spacial score (nSPS) is 26.1. The lowest BCUT2D eigenvalue weighted by atomic mass is 9.84. The molecule has 0 aromatic heterocycles. The quantitative estimate of drug-likeness (QED) is 0.516. The second-order valence-corrected chi connectivity index (χ2v) is 10.4. The highest BCUT2D eigenvalue weighted by atomic mass is 19.4. The molecule has 1 N–H and O–H groups in total. The summed E-state index contributed by atoms with van der Waals surface area (Å²) in [7, 11) is 0. The van der Waals surface area contributed by atoms with Crippen molar-refractivity contribution in [3.05, 3.63) is 71.0 Å². The minimum Gasteiger partial charge on any atom is -0.363 e. The van der Waals surface area contributed by atoms with Crippen LogP contribution in [0, 0.1) is 11.7 Å². The predicted octanol–water partition coefficient (Wildman–Crippen LogP) is 5.67.